The molecule has 11 nitrogen and oxygen atoms in total. The fourth-order valence-corrected chi connectivity index (χ4v) is 3.80. The molecule has 0 saturated carbocycles. The Hall–Kier alpha value is -3.87. The Morgan fingerprint density at radius 2 is 1.53 bits per heavy atom. The summed E-state index contributed by atoms with van der Waals surface area (Å²) in [7, 11) is -3.79. The molecule has 2 heterocycles. The zero-order valence-electron chi connectivity index (χ0n) is 18.0. The van der Waals surface area contributed by atoms with Crippen LogP contribution in [0.2, 0.25) is 0 Å². The fraction of sp³-hybridized carbons (Fsp3) is 0.182. The molecule has 0 radical (unpaired) electrons. The molecule has 0 spiro atoms. The third-order valence-electron chi connectivity index (χ3n) is 4.50. The number of hydrogen-bond donors (Lipinski definition) is 5. The Kier molecular flexibility index (Phi) is 8.62. The number of azo groups is 1. The summed E-state index contributed by atoms with van der Waals surface area (Å²) in [6, 6.07) is 14.3. The van der Waals surface area contributed by atoms with E-state index in [4.69, 9.17) is 5.11 Å². The van der Waals surface area contributed by atoms with Gasteiger partial charge in [-0.3, -0.25) is 4.72 Å². The van der Waals surface area contributed by atoms with Gasteiger partial charge in [0, 0.05) is 32.4 Å². The number of benzene rings is 2. The number of aromatic hydroxyl groups is 1. The molecule has 2 aromatic carbocycles. The zero-order chi connectivity index (χ0) is 24.4. The Bertz CT molecular complexity index is 1220. The topological polar surface area (TPSA) is 165 Å². The number of nitrogens with zero attached hydrogens (tertiary/aromatic N) is 3. The largest absolute Gasteiger partial charge is 0.507 e. The first-order valence-electron chi connectivity index (χ1n) is 10.3. The van der Waals surface area contributed by atoms with Crippen LogP contribution in [0.5, 0.6) is 5.75 Å². The van der Waals surface area contributed by atoms with Gasteiger partial charge in [0.25, 0.3) is 10.0 Å². The van der Waals surface area contributed by atoms with E-state index in [1.165, 1.54) is 54.7 Å². The Morgan fingerprint density at radius 1 is 0.912 bits per heavy atom. The molecule has 1 aromatic heterocycles. The third kappa shape index (κ3) is 7.33. The normalized spacial score (nSPS) is 13.6. The maximum absolute atomic E-state index is 12.3. The van der Waals surface area contributed by atoms with E-state index in [1.807, 2.05) is 0 Å². The summed E-state index contributed by atoms with van der Waals surface area (Å²) < 4.78 is 27.0. The lowest BCUT2D eigenvalue weighted by Crippen LogP contribution is -2.39. The van der Waals surface area contributed by atoms with Gasteiger partial charge in [-0.05, 0) is 54.6 Å². The van der Waals surface area contributed by atoms with Crippen molar-refractivity contribution in [2.45, 2.75) is 4.90 Å². The lowest BCUT2D eigenvalue weighted by atomic mass is 10.2. The first-order chi connectivity index (χ1) is 16.3. The molecule has 1 aliphatic rings. The second kappa shape index (κ2) is 11.8. The first kappa shape index (κ1) is 24.8. The van der Waals surface area contributed by atoms with Crippen LogP contribution in [0, 0.1) is 0 Å². The standard InChI is InChI=1S/C18H14N4O5S.C4H10N2/c23-16-9-6-13(11-15(16)18(24)25)21-20-12-4-7-14(8-5-12)28(26,27)22-17-3-1-2-10-19-17;1-2-6-4-3-5-1/h1-11,23H,(H,19,22)(H,24,25);5-6H,1-4H2. The van der Waals surface area contributed by atoms with Crippen LogP contribution >= 0.6 is 0 Å². The molecule has 1 saturated heterocycles. The monoisotopic (exact) mass is 484 g/mol. The molecule has 178 valence electrons. The van der Waals surface area contributed by atoms with Crippen LogP contribution in [0.1, 0.15) is 10.4 Å². The first-order valence-corrected chi connectivity index (χ1v) is 11.8. The van der Waals surface area contributed by atoms with E-state index < -0.39 is 16.0 Å². The van der Waals surface area contributed by atoms with Crippen molar-refractivity contribution >= 4 is 33.2 Å². The van der Waals surface area contributed by atoms with Gasteiger partial charge in [-0.1, -0.05) is 6.07 Å². The van der Waals surface area contributed by atoms with Crippen LogP contribution in [0.3, 0.4) is 0 Å². The van der Waals surface area contributed by atoms with Crippen molar-refractivity contribution in [3.8, 4) is 5.75 Å². The molecule has 0 bridgehead atoms. The van der Waals surface area contributed by atoms with E-state index in [1.54, 1.807) is 12.1 Å². The number of carboxylic acid groups (broad SMARTS) is 1. The van der Waals surface area contributed by atoms with Crippen molar-refractivity contribution in [2.75, 3.05) is 30.9 Å². The maximum atomic E-state index is 12.3. The number of rotatable bonds is 6. The number of carbonyl (C=O) groups is 1. The number of phenols is 1. The number of nitrogens with one attached hydrogen (secondary N) is 3. The van der Waals surface area contributed by atoms with Crippen LogP contribution in [0.25, 0.3) is 0 Å². The van der Waals surface area contributed by atoms with Gasteiger partial charge in [-0.15, -0.1) is 0 Å². The molecule has 34 heavy (non-hydrogen) atoms. The van der Waals surface area contributed by atoms with Crippen LogP contribution in [0.4, 0.5) is 17.2 Å². The van der Waals surface area contributed by atoms with Crippen molar-refractivity contribution in [1.29, 1.82) is 0 Å². The van der Waals surface area contributed by atoms with Crippen molar-refractivity contribution in [1.82, 2.24) is 15.6 Å². The fourth-order valence-electron chi connectivity index (χ4n) is 2.79. The maximum Gasteiger partial charge on any atom is 0.339 e. The van der Waals surface area contributed by atoms with Crippen molar-refractivity contribution in [3.63, 3.8) is 0 Å². The summed E-state index contributed by atoms with van der Waals surface area (Å²) in [5.41, 5.74) is 0.295. The molecule has 5 N–H and O–H groups in total. The number of piperazine rings is 1. The highest BCUT2D eigenvalue weighted by atomic mass is 32.2. The van der Waals surface area contributed by atoms with Crippen LogP contribution in [-0.4, -0.2) is 55.8 Å². The summed E-state index contributed by atoms with van der Waals surface area (Å²) in [6.07, 6.45) is 1.47. The second-order valence-corrected chi connectivity index (χ2v) is 8.70. The summed E-state index contributed by atoms with van der Waals surface area (Å²) in [5, 5.41) is 32.7. The molecule has 3 aromatic rings. The van der Waals surface area contributed by atoms with Gasteiger partial charge < -0.3 is 20.8 Å². The molecular formula is C22H24N6O5S. The molecule has 1 fully saturated rings. The number of anilines is 1. The molecule has 0 atom stereocenters. The number of sulfonamides is 1. The number of aromatic nitrogens is 1. The average molecular weight is 485 g/mol. The Balaban J connectivity index is 0.000000469. The highest BCUT2D eigenvalue weighted by Crippen LogP contribution is 2.26. The van der Waals surface area contributed by atoms with Gasteiger partial charge in [0.2, 0.25) is 0 Å². The van der Waals surface area contributed by atoms with Crippen molar-refractivity contribution in [3.05, 3.63) is 72.4 Å². The predicted octanol–water partition coefficient (Wildman–Crippen LogP) is 2.88. The smallest absolute Gasteiger partial charge is 0.339 e. The van der Waals surface area contributed by atoms with E-state index >= 15 is 0 Å². The number of carboxylic acids is 1. The van der Waals surface area contributed by atoms with Gasteiger partial charge >= 0.3 is 5.97 Å². The lowest BCUT2D eigenvalue weighted by molar-refractivity contribution is 0.0693. The van der Waals surface area contributed by atoms with E-state index in [-0.39, 0.29) is 27.7 Å². The van der Waals surface area contributed by atoms with E-state index in [2.05, 4.69) is 30.6 Å². The SMILES string of the molecule is C1CNCCN1.O=C(O)c1cc(N=Nc2ccc(S(=O)(=O)Nc3ccccn3)cc2)ccc1O. The molecule has 1 aliphatic heterocycles. The van der Waals surface area contributed by atoms with Crippen LogP contribution < -0.4 is 15.4 Å². The highest BCUT2D eigenvalue weighted by molar-refractivity contribution is 7.92. The van der Waals surface area contributed by atoms with Gasteiger partial charge in [-0.2, -0.15) is 10.2 Å². The molecular weight excluding hydrogens is 460 g/mol. The minimum absolute atomic E-state index is 0.0231. The number of pyridine rings is 1. The lowest BCUT2D eigenvalue weighted by Gasteiger charge is -2.11. The second-order valence-electron chi connectivity index (χ2n) is 7.02. The number of hydrogen-bond acceptors (Lipinski definition) is 9. The molecule has 4 rings (SSSR count). The third-order valence-corrected chi connectivity index (χ3v) is 5.87. The Morgan fingerprint density at radius 3 is 2.09 bits per heavy atom. The number of aromatic carboxylic acids is 1. The summed E-state index contributed by atoms with van der Waals surface area (Å²) in [5.74, 6) is -1.46. The highest BCUT2D eigenvalue weighted by Gasteiger charge is 2.14. The van der Waals surface area contributed by atoms with Crippen molar-refractivity contribution in [2.24, 2.45) is 10.2 Å². The van der Waals surface area contributed by atoms with E-state index in [0.717, 1.165) is 26.2 Å². The predicted molar refractivity (Wildman–Crippen MR) is 126 cm³/mol. The quantitative estimate of drug-likeness (QED) is 0.333. The minimum Gasteiger partial charge on any atom is -0.507 e. The summed E-state index contributed by atoms with van der Waals surface area (Å²) in [4.78, 5) is 14.9. The van der Waals surface area contributed by atoms with Gasteiger partial charge in [0.1, 0.15) is 17.1 Å². The summed E-state index contributed by atoms with van der Waals surface area (Å²) in [6.45, 7) is 4.56. The van der Waals surface area contributed by atoms with Crippen LogP contribution in [0.15, 0.2) is 82.0 Å². The van der Waals surface area contributed by atoms with Crippen molar-refractivity contribution < 1.29 is 23.4 Å². The minimum atomic E-state index is -3.79. The van der Waals surface area contributed by atoms with Gasteiger partial charge in [0.15, 0.2) is 0 Å². The molecule has 0 aliphatic carbocycles. The summed E-state index contributed by atoms with van der Waals surface area (Å²) >= 11 is 0. The van der Waals surface area contributed by atoms with Gasteiger partial charge in [-0.25, -0.2) is 18.2 Å². The molecule has 0 unspecified atom stereocenters. The Labute approximate surface area is 196 Å². The molecule has 0 amide bonds. The van der Waals surface area contributed by atoms with Crippen LogP contribution in [-0.2, 0) is 10.0 Å². The van der Waals surface area contributed by atoms with Gasteiger partial charge in [0.05, 0.1) is 16.3 Å². The molecule has 12 heteroatoms. The average Bonchev–Trinajstić information content (AvgIpc) is 2.85. The van der Waals surface area contributed by atoms with E-state index in [9.17, 15) is 18.3 Å². The van der Waals surface area contributed by atoms with E-state index in [0.29, 0.717) is 5.69 Å². The zero-order valence-corrected chi connectivity index (χ0v) is 18.9.